The zero-order valence-electron chi connectivity index (χ0n) is 8.88. The molecule has 1 unspecified atom stereocenters. The molecule has 15 heavy (non-hydrogen) atoms. The van der Waals surface area contributed by atoms with Gasteiger partial charge in [-0.25, -0.2) is 0 Å². The molecule has 1 aromatic rings. The standard InChI is InChI=1S/C11H16ClNOS/c1-11(4-5-13-7-11)8-15-6-9-2-3-10(12)14-9/h2-3,13H,4-8H2,1H3. The van der Waals surface area contributed by atoms with E-state index in [1.165, 1.54) is 12.2 Å². The number of furan rings is 1. The average Bonchev–Trinajstić information content (AvgIpc) is 2.76. The highest BCUT2D eigenvalue weighted by Crippen LogP contribution is 2.30. The lowest BCUT2D eigenvalue weighted by atomic mass is 9.93. The summed E-state index contributed by atoms with van der Waals surface area (Å²) < 4.78 is 5.31. The fraction of sp³-hybridized carbons (Fsp3) is 0.636. The molecule has 1 aromatic heterocycles. The van der Waals surface area contributed by atoms with Crippen molar-refractivity contribution in [3.63, 3.8) is 0 Å². The van der Waals surface area contributed by atoms with Gasteiger partial charge in [0.2, 0.25) is 0 Å². The zero-order chi connectivity index (χ0) is 10.7. The van der Waals surface area contributed by atoms with Crippen molar-refractivity contribution in [3.05, 3.63) is 23.1 Å². The van der Waals surface area contributed by atoms with Crippen molar-refractivity contribution in [1.29, 1.82) is 0 Å². The third kappa shape index (κ3) is 3.16. The van der Waals surface area contributed by atoms with Crippen molar-refractivity contribution >= 4 is 23.4 Å². The van der Waals surface area contributed by atoms with Gasteiger partial charge in [-0.3, -0.25) is 0 Å². The number of nitrogens with one attached hydrogen (secondary N) is 1. The highest BCUT2D eigenvalue weighted by molar-refractivity contribution is 7.98. The molecule has 0 radical (unpaired) electrons. The number of rotatable bonds is 4. The normalized spacial score (nSPS) is 26.0. The van der Waals surface area contributed by atoms with Gasteiger partial charge in [0.25, 0.3) is 0 Å². The fourth-order valence-electron chi connectivity index (χ4n) is 1.82. The van der Waals surface area contributed by atoms with Gasteiger partial charge < -0.3 is 9.73 Å². The summed E-state index contributed by atoms with van der Waals surface area (Å²) in [6, 6.07) is 3.75. The van der Waals surface area contributed by atoms with Crippen LogP contribution in [0.5, 0.6) is 0 Å². The van der Waals surface area contributed by atoms with Gasteiger partial charge in [0.15, 0.2) is 5.22 Å². The van der Waals surface area contributed by atoms with Crippen LogP contribution in [0.25, 0.3) is 0 Å². The van der Waals surface area contributed by atoms with Crippen LogP contribution >= 0.6 is 23.4 Å². The first-order chi connectivity index (χ1) is 7.18. The molecule has 1 aliphatic heterocycles. The second-order valence-corrected chi connectivity index (χ2v) is 5.79. The predicted molar refractivity (Wildman–Crippen MR) is 65.5 cm³/mol. The molecular formula is C11H16ClNOS. The molecule has 0 spiro atoms. The zero-order valence-corrected chi connectivity index (χ0v) is 10.5. The van der Waals surface area contributed by atoms with E-state index in [1.54, 1.807) is 6.07 Å². The first-order valence-electron chi connectivity index (χ1n) is 5.21. The Labute approximate surface area is 99.8 Å². The summed E-state index contributed by atoms with van der Waals surface area (Å²) in [5, 5.41) is 3.89. The summed E-state index contributed by atoms with van der Waals surface area (Å²) in [6.45, 7) is 4.64. The van der Waals surface area contributed by atoms with E-state index >= 15 is 0 Å². The van der Waals surface area contributed by atoms with Gasteiger partial charge in [-0.15, -0.1) is 0 Å². The molecule has 1 atom stereocenters. The number of hydrogen-bond acceptors (Lipinski definition) is 3. The van der Waals surface area contributed by atoms with E-state index in [9.17, 15) is 0 Å². The SMILES string of the molecule is CC1(CSCc2ccc(Cl)o2)CCNC1. The van der Waals surface area contributed by atoms with Gasteiger partial charge in [0.05, 0.1) is 5.75 Å². The third-order valence-corrected chi connectivity index (χ3v) is 4.37. The van der Waals surface area contributed by atoms with Crippen molar-refractivity contribution < 1.29 is 4.42 Å². The van der Waals surface area contributed by atoms with Crippen molar-refractivity contribution in [2.45, 2.75) is 19.1 Å². The summed E-state index contributed by atoms with van der Waals surface area (Å²) in [7, 11) is 0. The Morgan fingerprint density at radius 3 is 3.07 bits per heavy atom. The summed E-state index contributed by atoms with van der Waals surface area (Å²) in [6.07, 6.45) is 1.28. The molecule has 1 N–H and O–H groups in total. The molecule has 0 bridgehead atoms. The van der Waals surface area contributed by atoms with Crippen LogP contribution in [-0.4, -0.2) is 18.8 Å². The highest BCUT2D eigenvalue weighted by atomic mass is 35.5. The third-order valence-electron chi connectivity index (χ3n) is 2.78. The molecule has 1 saturated heterocycles. The monoisotopic (exact) mass is 245 g/mol. The van der Waals surface area contributed by atoms with Crippen LogP contribution in [0, 0.1) is 5.41 Å². The Hall–Kier alpha value is -0.120. The molecule has 2 rings (SSSR count). The Morgan fingerprint density at radius 2 is 2.47 bits per heavy atom. The van der Waals surface area contributed by atoms with E-state index < -0.39 is 0 Å². The van der Waals surface area contributed by atoms with Gasteiger partial charge >= 0.3 is 0 Å². The van der Waals surface area contributed by atoms with Crippen molar-refractivity contribution in [2.24, 2.45) is 5.41 Å². The topological polar surface area (TPSA) is 25.2 Å². The minimum Gasteiger partial charge on any atom is -0.449 e. The van der Waals surface area contributed by atoms with Gasteiger partial charge in [0.1, 0.15) is 5.76 Å². The molecule has 84 valence electrons. The van der Waals surface area contributed by atoms with E-state index in [2.05, 4.69) is 12.2 Å². The second-order valence-electron chi connectivity index (χ2n) is 4.44. The summed E-state index contributed by atoms with van der Waals surface area (Å²) in [5.74, 6) is 3.07. The molecular weight excluding hydrogens is 230 g/mol. The van der Waals surface area contributed by atoms with Crippen molar-refractivity contribution in [1.82, 2.24) is 5.32 Å². The Kier molecular flexibility index (Phi) is 3.65. The molecule has 0 aromatic carbocycles. The minimum absolute atomic E-state index is 0.459. The first kappa shape index (κ1) is 11.4. The summed E-state index contributed by atoms with van der Waals surface area (Å²) >= 11 is 7.63. The van der Waals surface area contributed by atoms with Crippen LogP contribution in [0.1, 0.15) is 19.1 Å². The van der Waals surface area contributed by atoms with E-state index in [-0.39, 0.29) is 0 Å². The van der Waals surface area contributed by atoms with Gasteiger partial charge in [-0.2, -0.15) is 11.8 Å². The van der Waals surface area contributed by atoms with Crippen LogP contribution in [0.4, 0.5) is 0 Å². The maximum atomic E-state index is 5.71. The van der Waals surface area contributed by atoms with Crippen molar-refractivity contribution in [3.8, 4) is 0 Å². The Morgan fingerprint density at radius 1 is 1.60 bits per heavy atom. The molecule has 0 saturated carbocycles. The van der Waals surface area contributed by atoms with Crippen LogP contribution in [0.2, 0.25) is 5.22 Å². The molecule has 4 heteroatoms. The average molecular weight is 246 g/mol. The molecule has 0 amide bonds. The van der Waals surface area contributed by atoms with Crippen LogP contribution in [0.3, 0.4) is 0 Å². The lowest BCUT2D eigenvalue weighted by Crippen LogP contribution is -2.22. The molecule has 2 heterocycles. The predicted octanol–water partition coefficient (Wildman–Crippen LogP) is 3.17. The van der Waals surface area contributed by atoms with E-state index in [0.29, 0.717) is 10.6 Å². The summed E-state index contributed by atoms with van der Waals surface area (Å²) in [5.41, 5.74) is 0.459. The largest absolute Gasteiger partial charge is 0.449 e. The summed E-state index contributed by atoms with van der Waals surface area (Å²) in [4.78, 5) is 0. The Balaban J connectivity index is 1.75. The fourth-order valence-corrected chi connectivity index (χ4v) is 3.18. The smallest absolute Gasteiger partial charge is 0.193 e. The first-order valence-corrected chi connectivity index (χ1v) is 6.74. The quantitative estimate of drug-likeness (QED) is 0.882. The minimum atomic E-state index is 0.459. The Bertz CT molecular complexity index is 320. The molecule has 1 aliphatic rings. The molecule has 0 aliphatic carbocycles. The van der Waals surface area contributed by atoms with E-state index in [0.717, 1.165) is 24.6 Å². The van der Waals surface area contributed by atoms with Crippen LogP contribution < -0.4 is 5.32 Å². The van der Waals surface area contributed by atoms with Crippen molar-refractivity contribution in [2.75, 3.05) is 18.8 Å². The lowest BCUT2D eigenvalue weighted by molar-refractivity contribution is 0.423. The van der Waals surface area contributed by atoms with E-state index in [4.69, 9.17) is 16.0 Å². The number of thioether (sulfide) groups is 1. The van der Waals surface area contributed by atoms with E-state index in [1.807, 2.05) is 17.8 Å². The highest BCUT2D eigenvalue weighted by Gasteiger charge is 2.28. The van der Waals surface area contributed by atoms with Gasteiger partial charge in [-0.05, 0) is 42.1 Å². The second kappa shape index (κ2) is 4.81. The molecule has 2 nitrogen and oxygen atoms in total. The number of hydrogen-bond donors (Lipinski definition) is 1. The van der Waals surface area contributed by atoms with Crippen LogP contribution in [0.15, 0.2) is 16.5 Å². The lowest BCUT2D eigenvalue weighted by Gasteiger charge is -2.21. The maximum Gasteiger partial charge on any atom is 0.193 e. The van der Waals surface area contributed by atoms with Gasteiger partial charge in [0, 0.05) is 12.3 Å². The van der Waals surface area contributed by atoms with Gasteiger partial charge in [-0.1, -0.05) is 6.92 Å². The van der Waals surface area contributed by atoms with Crippen LogP contribution in [-0.2, 0) is 5.75 Å². The molecule has 1 fully saturated rings. The number of halogens is 1. The maximum absolute atomic E-state index is 5.71.